The first-order valence-electron chi connectivity index (χ1n) is 11.3. The number of aromatic nitrogens is 2. The Morgan fingerprint density at radius 3 is 2.58 bits per heavy atom. The van der Waals surface area contributed by atoms with Crippen LogP contribution >= 0.6 is 0 Å². The summed E-state index contributed by atoms with van der Waals surface area (Å²) in [6.07, 6.45) is 3.64. The van der Waals surface area contributed by atoms with Crippen molar-refractivity contribution in [3.8, 4) is 0 Å². The lowest BCUT2D eigenvalue weighted by atomic mass is 9.70. The Labute approximate surface area is 193 Å². The van der Waals surface area contributed by atoms with Crippen molar-refractivity contribution in [3.05, 3.63) is 66.2 Å². The van der Waals surface area contributed by atoms with Gasteiger partial charge in [0.2, 0.25) is 10.0 Å². The summed E-state index contributed by atoms with van der Waals surface area (Å²) in [7, 11) is -3.83. The molecule has 2 aliphatic carbocycles. The number of sulfonamides is 1. The third kappa shape index (κ3) is 3.69. The Bertz CT molecular complexity index is 1320. The summed E-state index contributed by atoms with van der Waals surface area (Å²) in [6.45, 7) is 4.35. The third-order valence-electron chi connectivity index (χ3n) is 8.08. The second-order valence-corrected chi connectivity index (χ2v) is 11.8. The first-order valence-corrected chi connectivity index (χ1v) is 13.0. The average Bonchev–Trinajstić information content (AvgIpc) is 3.33. The summed E-state index contributed by atoms with van der Waals surface area (Å²) in [5.41, 5.74) is 1.15. The Kier molecular flexibility index (Phi) is 5.21. The van der Waals surface area contributed by atoms with Gasteiger partial charge in [0.25, 0.3) is 0 Å². The minimum atomic E-state index is -3.83. The number of carbonyl (C=O) groups is 1. The van der Waals surface area contributed by atoms with Crippen LogP contribution in [0.5, 0.6) is 0 Å². The molecule has 2 bridgehead atoms. The zero-order chi connectivity index (χ0) is 23.4. The molecule has 2 saturated carbocycles. The number of fused-ring (bicyclic) bond motifs is 3. The molecule has 0 aliphatic heterocycles. The zero-order valence-corrected chi connectivity index (χ0v) is 19.6. The van der Waals surface area contributed by atoms with Gasteiger partial charge in [-0.25, -0.2) is 22.5 Å². The number of ketones is 1. The van der Waals surface area contributed by atoms with Crippen molar-refractivity contribution in [3.63, 3.8) is 0 Å². The fourth-order valence-corrected chi connectivity index (χ4v) is 8.00. The molecule has 1 aromatic heterocycles. The van der Waals surface area contributed by atoms with Gasteiger partial charge >= 0.3 is 0 Å². The molecule has 2 aromatic carbocycles. The summed E-state index contributed by atoms with van der Waals surface area (Å²) >= 11 is 0. The van der Waals surface area contributed by atoms with Gasteiger partial charge in [-0.15, -0.1) is 0 Å². The van der Waals surface area contributed by atoms with Crippen LogP contribution in [0.4, 0.5) is 4.39 Å². The summed E-state index contributed by atoms with van der Waals surface area (Å²) in [5.74, 6) is -0.300. The van der Waals surface area contributed by atoms with Crippen LogP contribution in [0.15, 0.2) is 54.9 Å². The van der Waals surface area contributed by atoms with Crippen LogP contribution in [0.3, 0.4) is 0 Å². The van der Waals surface area contributed by atoms with Gasteiger partial charge in [-0.3, -0.25) is 4.79 Å². The van der Waals surface area contributed by atoms with E-state index in [1.165, 1.54) is 12.1 Å². The molecule has 0 amide bonds. The minimum Gasteiger partial charge on any atom is -0.329 e. The lowest BCUT2D eigenvalue weighted by Gasteiger charge is -2.36. The van der Waals surface area contributed by atoms with Gasteiger partial charge in [0.05, 0.1) is 29.2 Å². The second-order valence-electron chi connectivity index (χ2n) is 10.0. The Morgan fingerprint density at radius 2 is 1.91 bits per heavy atom. The maximum absolute atomic E-state index is 13.6. The fourth-order valence-electron chi connectivity index (χ4n) is 5.95. The number of Topliss-reactive ketones (excluding diaryl/α,β-unsaturated/α-hetero) is 1. The quantitative estimate of drug-likeness (QED) is 0.562. The molecule has 5 rings (SSSR count). The number of hydrogen-bond donors (Lipinski definition) is 1. The van der Waals surface area contributed by atoms with Crippen molar-refractivity contribution < 1.29 is 17.6 Å². The van der Waals surface area contributed by atoms with E-state index in [0.717, 1.165) is 17.5 Å². The number of imidazole rings is 1. The van der Waals surface area contributed by atoms with Crippen LogP contribution in [0.25, 0.3) is 11.0 Å². The van der Waals surface area contributed by atoms with Gasteiger partial charge in [-0.05, 0) is 54.0 Å². The topological polar surface area (TPSA) is 81.1 Å². The van der Waals surface area contributed by atoms with Crippen LogP contribution < -0.4 is 4.72 Å². The van der Waals surface area contributed by atoms with Crippen molar-refractivity contribution in [1.82, 2.24) is 14.3 Å². The average molecular weight is 470 g/mol. The zero-order valence-electron chi connectivity index (χ0n) is 18.8. The van der Waals surface area contributed by atoms with Gasteiger partial charge in [-0.2, -0.15) is 0 Å². The van der Waals surface area contributed by atoms with E-state index in [9.17, 15) is 17.6 Å². The number of hydrogen-bond acceptors (Lipinski definition) is 4. The molecular formula is C25H28FN3O3S. The molecule has 2 aliphatic rings. The van der Waals surface area contributed by atoms with E-state index >= 15 is 0 Å². The van der Waals surface area contributed by atoms with E-state index in [4.69, 9.17) is 0 Å². The van der Waals surface area contributed by atoms with Crippen molar-refractivity contribution in [2.45, 2.75) is 45.7 Å². The Morgan fingerprint density at radius 1 is 1.18 bits per heavy atom. The predicted molar refractivity (Wildman–Crippen MR) is 124 cm³/mol. The molecule has 3 aromatic rings. The van der Waals surface area contributed by atoms with Crippen LogP contribution in [0, 0.1) is 22.6 Å². The van der Waals surface area contributed by atoms with Gasteiger partial charge in [0.1, 0.15) is 11.6 Å². The maximum atomic E-state index is 13.6. The van der Waals surface area contributed by atoms with E-state index < -0.39 is 21.5 Å². The summed E-state index contributed by atoms with van der Waals surface area (Å²) in [4.78, 5) is 17.3. The van der Waals surface area contributed by atoms with Crippen LogP contribution in [-0.4, -0.2) is 29.5 Å². The van der Waals surface area contributed by atoms with E-state index in [-0.39, 0.29) is 28.7 Å². The largest absolute Gasteiger partial charge is 0.329 e. The highest BCUT2D eigenvalue weighted by Crippen LogP contribution is 2.64. The molecule has 174 valence electrons. The lowest BCUT2D eigenvalue weighted by molar-refractivity contribution is -0.128. The number of carbonyl (C=O) groups excluding carboxylic acids is 1. The number of para-hydroxylation sites is 2. The second kappa shape index (κ2) is 7.74. The van der Waals surface area contributed by atoms with E-state index in [2.05, 4.69) is 9.71 Å². The van der Waals surface area contributed by atoms with Gasteiger partial charge in [0.15, 0.2) is 0 Å². The van der Waals surface area contributed by atoms with Crippen molar-refractivity contribution in [1.29, 1.82) is 0 Å². The van der Waals surface area contributed by atoms with Crippen LogP contribution in [-0.2, 0) is 21.4 Å². The Hall–Kier alpha value is -2.58. The van der Waals surface area contributed by atoms with Gasteiger partial charge in [0, 0.05) is 18.4 Å². The highest BCUT2D eigenvalue weighted by atomic mass is 32.2. The number of nitrogens with one attached hydrogen (secondary N) is 1. The molecule has 1 heterocycles. The molecular weight excluding hydrogens is 441 g/mol. The summed E-state index contributed by atoms with van der Waals surface area (Å²) in [6, 6.07) is 12.8. The van der Waals surface area contributed by atoms with Crippen LogP contribution in [0.1, 0.15) is 44.7 Å². The minimum absolute atomic E-state index is 0.0630. The number of rotatable bonds is 7. The number of halogens is 1. The standard InChI is InChI=1S/C25H28FN3O3S/c1-24(2)18-11-12-25(24,23(30)13-18)15-33(31,32)28-21(17-7-9-19(26)10-8-17)14-29-16-27-20-5-3-4-6-22(20)29/h3-10,16,18,21,28H,11-15H2,1-2H3. The summed E-state index contributed by atoms with van der Waals surface area (Å²) < 4.78 is 45.3. The monoisotopic (exact) mass is 469 g/mol. The fraction of sp³-hybridized carbons (Fsp3) is 0.440. The maximum Gasteiger partial charge on any atom is 0.213 e. The molecule has 0 saturated heterocycles. The predicted octanol–water partition coefficient (Wildman–Crippen LogP) is 4.23. The molecule has 2 fully saturated rings. The van der Waals surface area contributed by atoms with Crippen molar-refractivity contribution >= 4 is 26.8 Å². The van der Waals surface area contributed by atoms with Crippen molar-refractivity contribution in [2.75, 3.05) is 5.75 Å². The SMILES string of the molecule is CC1(C)C2CCC1(CS(=O)(=O)NC(Cn1cnc3ccccc31)c1ccc(F)cc1)C(=O)C2. The smallest absolute Gasteiger partial charge is 0.213 e. The highest BCUT2D eigenvalue weighted by molar-refractivity contribution is 7.89. The molecule has 0 spiro atoms. The first-order chi connectivity index (χ1) is 15.6. The molecule has 33 heavy (non-hydrogen) atoms. The molecule has 3 atom stereocenters. The van der Waals surface area contributed by atoms with E-state index in [1.807, 2.05) is 42.7 Å². The lowest BCUT2D eigenvalue weighted by Crippen LogP contribution is -2.46. The normalized spacial score (nSPS) is 25.1. The molecule has 6 nitrogen and oxygen atoms in total. The Balaban J connectivity index is 1.47. The first kappa shape index (κ1) is 22.2. The summed E-state index contributed by atoms with van der Waals surface area (Å²) in [5, 5.41) is 0. The molecule has 1 N–H and O–H groups in total. The van der Waals surface area contributed by atoms with E-state index in [1.54, 1.807) is 18.5 Å². The number of benzene rings is 2. The molecule has 0 radical (unpaired) electrons. The van der Waals surface area contributed by atoms with Gasteiger partial charge in [-0.1, -0.05) is 38.1 Å². The molecule has 3 unspecified atom stereocenters. The van der Waals surface area contributed by atoms with E-state index in [0.29, 0.717) is 24.9 Å². The van der Waals surface area contributed by atoms with Crippen LogP contribution in [0.2, 0.25) is 0 Å². The van der Waals surface area contributed by atoms with Crippen molar-refractivity contribution in [2.24, 2.45) is 16.7 Å². The number of nitrogens with zero attached hydrogens (tertiary/aromatic N) is 2. The molecule has 8 heteroatoms. The van der Waals surface area contributed by atoms with Gasteiger partial charge < -0.3 is 4.57 Å². The third-order valence-corrected chi connectivity index (χ3v) is 9.59. The highest BCUT2D eigenvalue weighted by Gasteiger charge is 2.65.